The van der Waals surface area contributed by atoms with Crippen LogP contribution < -0.4 is 15.4 Å². The molecule has 36 heavy (non-hydrogen) atoms. The summed E-state index contributed by atoms with van der Waals surface area (Å²) in [7, 11) is -4.81. The molecule has 184 valence electrons. The highest BCUT2D eigenvalue weighted by Crippen LogP contribution is 2.33. The third-order valence-electron chi connectivity index (χ3n) is 5.44. The van der Waals surface area contributed by atoms with Gasteiger partial charge in [-0.25, -0.2) is 26.0 Å². The second kappa shape index (κ2) is 8.91. The molecule has 0 saturated carbocycles. The van der Waals surface area contributed by atoms with E-state index in [1.165, 1.54) is 17.5 Å². The maximum Gasteiger partial charge on any atom is 0.265 e. The van der Waals surface area contributed by atoms with Crippen LogP contribution in [0.1, 0.15) is 15.2 Å². The van der Waals surface area contributed by atoms with E-state index in [0.29, 0.717) is 35.4 Å². The van der Waals surface area contributed by atoms with Crippen molar-refractivity contribution >= 4 is 38.4 Å². The Labute approximate surface area is 205 Å². The average Bonchev–Trinajstić information content (AvgIpc) is 3.52. The van der Waals surface area contributed by atoms with Crippen LogP contribution >= 0.6 is 11.3 Å². The topological polar surface area (TPSA) is 100 Å². The van der Waals surface area contributed by atoms with Crippen molar-refractivity contribution in [3.05, 3.63) is 105 Å². The molecule has 2 aliphatic heterocycles. The molecule has 5 rings (SSSR count). The number of aromatic nitrogens is 1. The van der Waals surface area contributed by atoms with E-state index in [2.05, 4.69) is 15.6 Å². The fourth-order valence-corrected chi connectivity index (χ4v) is 5.49. The first-order valence-corrected chi connectivity index (χ1v) is 12.6. The number of nitrogens with zero attached hydrogens (tertiary/aromatic N) is 1. The second-order valence-electron chi connectivity index (χ2n) is 7.68. The van der Waals surface area contributed by atoms with Gasteiger partial charge in [0.1, 0.15) is 28.5 Å². The lowest BCUT2D eigenvalue weighted by Crippen LogP contribution is -2.36. The molecule has 1 aromatic heterocycles. The number of dihydropyridines is 1. The maximum atomic E-state index is 15.3. The number of halogens is 4. The van der Waals surface area contributed by atoms with Gasteiger partial charge in [0.15, 0.2) is 5.82 Å². The summed E-state index contributed by atoms with van der Waals surface area (Å²) in [5.74, 6) is -6.10. The lowest BCUT2D eigenvalue weighted by atomic mass is 9.94. The van der Waals surface area contributed by atoms with Gasteiger partial charge in [-0.3, -0.25) is 14.5 Å². The third-order valence-corrected chi connectivity index (χ3v) is 7.64. The summed E-state index contributed by atoms with van der Waals surface area (Å²) >= 11 is 1.36. The normalized spacial score (nSPS) is 16.8. The number of allylic oxidation sites excluding steroid dienone is 2. The minimum atomic E-state index is -4.81. The predicted molar refractivity (Wildman–Crippen MR) is 124 cm³/mol. The number of carbonyl (C=O) groups excluding carboxylic acids is 1. The number of anilines is 1. The number of fused-ring (bicyclic) bond motifs is 1. The van der Waals surface area contributed by atoms with E-state index >= 15 is 4.39 Å². The van der Waals surface area contributed by atoms with E-state index in [9.17, 15) is 26.4 Å². The Kier molecular flexibility index (Phi) is 5.88. The molecule has 0 saturated heterocycles. The first kappa shape index (κ1) is 23.8. The third kappa shape index (κ3) is 4.16. The summed E-state index contributed by atoms with van der Waals surface area (Å²) in [6.07, 6.45) is 5.78. The fraction of sp³-hybridized carbons (Fsp3) is 0.0435. The Morgan fingerprint density at radius 3 is 2.53 bits per heavy atom. The van der Waals surface area contributed by atoms with Gasteiger partial charge < -0.3 is 10.6 Å². The molecule has 2 aliphatic rings. The Morgan fingerprint density at radius 1 is 1.03 bits per heavy atom. The Morgan fingerprint density at radius 2 is 1.78 bits per heavy atom. The minimum Gasteiger partial charge on any atom is -0.367 e. The fourth-order valence-electron chi connectivity index (χ4n) is 3.73. The molecule has 3 aromatic rings. The number of thiazole rings is 1. The van der Waals surface area contributed by atoms with Crippen molar-refractivity contribution in [2.45, 2.75) is 11.1 Å². The van der Waals surface area contributed by atoms with Crippen LogP contribution in [0.4, 0.5) is 23.2 Å². The van der Waals surface area contributed by atoms with Gasteiger partial charge in [0.05, 0.1) is 21.6 Å². The molecule has 3 heterocycles. The Bertz CT molecular complexity index is 1600. The number of hydrogen-bond acceptors (Lipinski definition) is 7. The minimum absolute atomic E-state index is 0.0448. The Balaban J connectivity index is 1.49. The second-order valence-corrected chi connectivity index (χ2v) is 10.2. The number of hydrogen-bond donors (Lipinski definition) is 3. The molecule has 0 radical (unpaired) electrons. The van der Waals surface area contributed by atoms with Gasteiger partial charge in [-0.15, -0.1) is 11.3 Å². The molecule has 0 aliphatic carbocycles. The molecular formula is C23H14F4N4O3S2. The van der Waals surface area contributed by atoms with Gasteiger partial charge in [-0.1, -0.05) is 0 Å². The summed E-state index contributed by atoms with van der Waals surface area (Å²) in [5.41, 5.74) is 0.869. The lowest BCUT2D eigenvalue weighted by molar-refractivity contribution is 0.102. The number of ketones is 1. The SMILES string of the molecule is O=C(C1=CNC2NC=C(c3cncs3)C=C12)c1c(F)ccc(NS(=O)(=O)c2cc(F)ccc2F)c1F. The first-order valence-electron chi connectivity index (χ1n) is 10.2. The molecule has 7 nitrogen and oxygen atoms in total. The van der Waals surface area contributed by atoms with E-state index < -0.39 is 61.4 Å². The number of nitrogens with one attached hydrogen (secondary N) is 3. The van der Waals surface area contributed by atoms with Crippen molar-refractivity contribution in [3.8, 4) is 0 Å². The van der Waals surface area contributed by atoms with E-state index in [0.717, 1.165) is 10.9 Å². The molecule has 0 spiro atoms. The zero-order chi connectivity index (χ0) is 25.6. The van der Waals surface area contributed by atoms with Crippen molar-refractivity contribution in [2.24, 2.45) is 0 Å². The number of sulfonamides is 1. The molecule has 13 heteroatoms. The molecule has 0 bridgehead atoms. The lowest BCUT2D eigenvalue weighted by Gasteiger charge is -2.21. The van der Waals surface area contributed by atoms with Crippen LogP contribution in [-0.2, 0) is 10.0 Å². The first-order chi connectivity index (χ1) is 17.2. The van der Waals surface area contributed by atoms with Gasteiger partial charge in [0.2, 0.25) is 5.78 Å². The average molecular weight is 535 g/mol. The van der Waals surface area contributed by atoms with Crippen molar-refractivity contribution in [1.29, 1.82) is 0 Å². The molecule has 1 atom stereocenters. The maximum absolute atomic E-state index is 15.3. The molecule has 2 aromatic carbocycles. The summed E-state index contributed by atoms with van der Waals surface area (Å²) in [5, 5.41) is 5.94. The van der Waals surface area contributed by atoms with E-state index in [1.54, 1.807) is 28.7 Å². The number of carbonyl (C=O) groups is 1. The van der Waals surface area contributed by atoms with Crippen LogP contribution in [0.2, 0.25) is 0 Å². The van der Waals surface area contributed by atoms with Crippen LogP contribution in [-0.4, -0.2) is 25.4 Å². The molecule has 0 amide bonds. The smallest absolute Gasteiger partial charge is 0.265 e. The summed E-state index contributed by atoms with van der Waals surface area (Å²) in [6.45, 7) is 0. The van der Waals surface area contributed by atoms with Crippen LogP contribution in [0.5, 0.6) is 0 Å². The molecule has 3 N–H and O–H groups in total. The van der Waals surface area contributed by atoms with Gasteiger partial charge in [0, 0.05) is 35.3 Å². The monoisotopic (exact) mass is 534 g/mol. The van der Waals surface area contributed by atoms with Crippen LogP contribution in [0.25, 0.3) is 5.57 Å². The molecular weight excluding hydrogens is 520 g/mol. The van der Waals surface area contributed by atoms with Crippen molar-refractivity contribution < 1.29 is 30.8 Å². The van der Waals surface area contributed by atoms with Crippen molar-refractivity contribution in [1.82, 2.24) is 15.6 Å². The van der Waals surface area contributed by atoms with Crippen LogP contribution in [0, 0.1) is 23.3 Å². The largest absolute Gasteiger partial charge is 0.367 e. The highest BCUT2D eigenvalue weighted by atomic mass is 32.2. The highest BCUT2D eigenvalue weighted by molar-refractivity contribution is 7.92. The van der Waals surface area contributed by atoms with Gasteiger partial charge in [0.25, 0.3) is 10.0 Å². The van der Waals surface area contributed by atoms with Gasteiger partial charge in [-0.2, -0.15) is 0 Å². The number of benzene rings is 2. The standard InChI is InChI=1S/C23H14F4N4O3S2/c24-12-1-2-15(25)19(6-12)36(33,34)31-17-4-3-16(26)20(21(17)27)22(32)14-8-30-23-13(14)5-11(7-29-23)18-9-28-10-35-18/h1-10,23,29-31H. The molecule has 1 unspecified atom stereocenters. The van der Waals surface area contributed by atoms with Crippen molar-refractivity contribution in [2.75, 3.05) is 4.72 Å². The summed E-state index contributed by atoms with van der Waals surface area (Å²) < 4.78 is 84.4. The van der Waals surface area contributed by atoms with Crippen LogP contribution in [0.15, 0.2) is 76.6 Å². The zero-order valence-electron chi connectivity index (χ0n) is 17.9. The van der Waals surface area contributed by atoms with E-state index in [4.69, 9.17) is 0 Å². The summed E-state index contributed by atoms with van der Waals surface area (Å²) in [4.78, 5) is 17.0. The van der Waals surface area contributed by atoms with E-state index in [1.807, 2.05) is 0 Å². The predicted octanol–water partition coefficient (Wildman–Crippen LogP) is 4.07. The highest BCUT2D eigenvalue weighted by Gasteiger charge is 2.34. The zero-order valence-corrected chi connectivity index (χ0v) is 19.5. The number of Topliss-reactive ketones (excluding diaryl/α,β-unsaturated/α-hetero) is 1. The quantitative estimate of drug-likeness (QED) is 0.326. The van der Waals surface area contributed by atoms with Crippen molar-refractivity contribution in [3.63, 3.8) is 0 Å². The van der Waals surface area contributed by atoms with Crippen LogP contribution in [0.3, 0.4) is 0 Å². The van der Waals surface area contributed by atoms with Gasteiger partial charge >= 0.3 is 0 Å². The Hall–Kier alpha value is -3.97. The molecule has 0 fully saturated rings. The van der Waals surface area contributed by atoms with Gasteiger partial charge in [-0.05, 0) is 36.4 Å². The summed E-state index contributed by atoms with van der Waals surface area (Å²) in [6, 6.07) is 3.16. The number of rotatable bonds is 6. The van der Waals surface area contributed by atoms with E-state index in [-0.39, 0.29) is 5.57 Å².